The zero-order chi connectivity index (χ0) is 11.8. The number of hydrogen-bond donors (Lipinski definition) is 1. The molecule has 0 spiro atoms. The lowest BCUT2D eigenvalue weighted by Gasteiger charge is -2.11. The smallest absolute Gasteiger partial charge is 0.407 e. The largest absolute Gasteiger partial charge is 0.468 e. The zero-order valence-corrected chi connectivity index (χ0v) is 9.03. The van der Waals surface area contributed by atoms with Crippen LogP contribution in [0.5, 0.6) is 0 Å². The fourth-order valence-electron chi connectivity index (χ4n) is 0.903. The van der Waals surface area contributed by atoms with E-state index >= 15 is 0 Å². The van der Waals surface area contributed by atoms with Gasteiger partial charge in [0, 0.05) is 6.54 Å². The summed E-state index contributed by atoms with van der Waals surface area (Å²) in [5.41, 5.74) is 0. The molecule has 0 aromatic carbocycles. The van der Waals surface area contributed by atoms with Crippen LogP contribution >= 0.6 is 0 Å². The Bertz CT molecular complexity index is 251. The molecule has 0 rings (SSSR count). The van der Waals surface area contributed by atoms with E-state index in [0.717, 1.165) is 0 Å². The number of carbonyl (C=O) groups is 3. The van der Waals surface area contributed by atoms with E-state index in [1.54, 1.807) is 6.92 Å². The summed E-state index contributed by atoms with van der Waals surface area (Å²) in [5.74, 6) is -2.00. The molecule has 0 radical (unpaired) electrons. The lowest BCUT2D eigenvalue weighted by Crippen LogP contribution is -2.37. The first-order valence-corrected chi connectivity index (χ1v) is 4.51. The van der Waals surface area contributed by atoms with Crippen LogP contribution in [0.25, 0.3) is 0 Å². The molecule has 0 bridgehead atoms. The van der Waals surface area contributed by atoms with Crippen LogP contribution in [0.15, 0.2) is 0 Å². The quantitative estimate of drug-likeness (QED) is 0.522. The van der Waals surface area contributed by atoms with E-state index in [1.807, 2.05) is 0 Å². The van der Waals surface area contributed by atoms with Gasteiger partial charge in [-0.05, 0) is 13.8 Å². The van der Waals surface area contributed by atoms with Crippen LogP contribution < -0.4 is 5.32 Å². The van der Waals surface area contributed by atoms with Gasteiger partial charge in [0.25, 0.3) is 0 Å². The maximum Gasteiger partial charge on any atom is 0.407 e. The first-order chi connectivity index (χ1) is 7.02. The fraction of sp³-hybridized carbons (Fsp3) is 0.667. The first-order valence-electron chi connectivity index (χ1n) is 4.51. The second-order valence-electron chi connectivity index (χ2n) is 2.79. The van der Waals surface area contributed by atoms with Crippen molar-refractivity contribution in [3.63, 3.8) is 0 Å². The van der Waals surface area contributed by atoms with E-state index in [9.17, 15) is 14.4 Å². The molecule has 0 aliphatic carbocycles. The topological polar surface area (TPSA) is 81.7 Å². The average Bonchev–Trinajstić information content (AvgIpc) is 2.17. The van der Waals surface area contributed by atoms with Crippen molar-refractivity contribution >= 4 is 17.8 Å². The second-order valence-corrected chi connectivity index (χ2v) is 2.79. The average molecular weight is 217 g/mol. The van der Waals surface area contributed by atoms with E-state index in [0.29, 0.717) is 0 Å². The Morgan fingerprint density at radius 3 is 2.33 bits per heavy atom. The van der Waals surface area contributed by atoms with Crippen LogP contribution in [0, 0.1) is 5.92 Å². The summed E-state index contributed by atoms with van der Waals surface area (Å²) in [6.45, 7) is 3.03. The molecule has 0 aromatic rings. The van der Waals surface area contributed by atoms with Crippen molar-refractivity contribution in [3.8, 4) is 0 Å². The van der Waals surface area contributed by atoms with Crippen molar-refractivity contribution in [3.05, 3.63) is 0 Å². The minimum Gasteiger partial charge on any atom is -0.468 e. The monoisotopic (exact) mass is 217 g/mol. The summed E-state index contributed by atoms with van der Waals surface area (Å²) in [4.78, 5) is 33.0. The van der Waals surface area contributed by atoms with Crippen LogP contribution in [0.3, 0.4) is 0 Å². The molecule has 1 amide bonds. The number of nitrogens with one attached hydrogen (secondary N) is 1. The molecule has 1 atom stereocenters. The number of carbonyl (C=O) groups excluding carboxylic acids is 3. The minimum absolute atomic E-state index is 0.110. The van der Waals surface area contributed by atoms with E-state index in [-0.39, 0.29) is 18.9 Å². The van der Waals surface area contributed by atoms with Crippen LogP contribution in [-0.4, -0.2) is 38.1 Å². The molecule has 0 saturated heterocycles. The highest BCUT2D eigenvalue weighted by molar-refractivity contribution is 5.98. The third-order valence-corrected chi connectivity index (χ3v) is 1.70. The maximum absolute atomic E-state index is 11.1. The predicted octanol–water partition coefficient (Wildman–Crippen LogP) is 0.111. The highest BCUT2D eigenvalue weighted by Gasteiger charge is 2.24. The Balaban J connectivity index is 4.13. The fourth-order valence-corrected chi connectivity index (χ4v) is 0.903. The van der Waals surface area contributed by atoms with Crippen molar-refractivity contribution in [1.29, 1.82) is 0 Å². The third-order valence-electron chi connectivity index (χ3n) is 1.70. The van der Waals surface area contributed by atoms with Crippen LogP contribution in [0.1, 0.15) is 13.8 Å². The van der Waals surface area contributed by atoms with Gasteiger partial charge < -0.3 is 14.8 Å². The molecule has 0 aliphatic heterocycles. The lowest BCUT2D eigenvalue weighted by atomic mass is 10.1. The van der Waals surface area contributed by atoms with Gasteiger partial charge in [0.2, 0.25) is 0 Å². The van der Waals surface area contributed by atoms with Crippen molar-refractivity contribution < 1.29 is 23.9 Å². The van der Waals surface area contributed by atoms with Gasteiger partial charge in [0.05, 0.1) is 13.7 Å². The van der Waals surface area contributed by atoms with Crippen molar-refractivity contribution in [2.45, 2.75) is 13.8 Å². The number of esters is 1. The Kier molecular flexibility index (Phi) is 6.08. The SMILES string of the molecule is CCOC(=O)NCC(C(C)=O)C(=O)OC. The molecular weight excluding hydrogens is 202 g/mol. The predicted molar refractivity (Wildman–Crippen MR) is 51.2 cm³/mol. The number of alkyl carbamates (subject to hydrolysis) is 1. The highest BCUT2D eigenvalue weighted by Crippen LogP contribution is 1.99. The van der Waals surface area contributed by atoms with Gasteiger partial charge in [-0.3, -0.25) is 9.59 Å². The van der Waals surface area contributed by atoms with Crippen molar-refractivity contribution in [1.82, 2.24) is 5.32 Å². The summed E-state index contributed by atoms with van der Waals surface area (Å²) in [7, 11) is 1.18. The molecular formula is C9H15NO5. The van der Waals surface area contributed by atoms with Gasteiger partial charge in [0.1, 0.15) is 11.7 Å². The summed E-state index contributed by atoms with van der Waals surface area (Å²) >= 11 is 0. The molecule has 86 valence electrons. The summed E-state index contributed by atoms with van der Waals surface area (Å²) < 4.78 is 8.99. The number of rotatable bonds is 5. The summed E-state index contributed by atoms with van der Waals surface area (Å²) in [5, 5.41) is 2.30. The molecule has 1 unspecified atom stereocenters. The molecule has 6 nitrogen and oxygen atoms in total. The number of methoxy groups -OCH3 is 1. The molecule has 0 saturated carbocycles. The van der Waals surface area contributed by atoms with E-state index in [2.05, 4.69) is 14.8 Å². The van der Waals surface area contributed by atoms with Crippen LogP contribution in [-0.2, 0) is 19.1 Å². The number of ether oxygens (including phenoxy) is 2. The van der Waals surface area contributed by atoms with Gasteiger partial charge in [0.15, 0.2) is 0 Å². The van der Waals surface area contributed by atoms with Gasteiger partial charge in [-0.25, -0.2) is 4.79 Å². The Morgan fingerprint density at radius 2 is 1.93 bits per heavy atom. The Labute approximate surface area is 87.9 Å². The van der Waals surface area contributed by atoms with Gasteiger partial charge >= 0.3 is 12.1 Å². The summed E-state index contributed by atoms with van der Waals surface area (Å²) in [6, 6.07) is 0. The Morgan fingerprint density at radius 1 is 1.33 bits per heavy atom. The third kappa shape index (κ3) is 4.99. The maximum atomic E-state index is 11.1. The minimum atomic E-state index is -0.973. The molecule has 6 heteroatoms. The van der Waals surface area contributed by atoms with Crippen LogP contribution in [0.4, 0.5) is 4.79 Å². The standard InChI is InChI=1S/C9H15NO5/c1-4-15-9(13)10-5-7(6(2)11)8(12)14-3/h7H,4-5H2,1-3H3,(H,10,13). The second kappa shape index (κ2) is 6.80. The van der Waals surface area contributed by atoms with E-state index < -0.39 is 18.0 Å². The van der Waals surface area contributed by atoms with Crippen molar-refractivity contribution in [2.24, 2.45) is 5.92 Å². The van der Waals surface area contributed by atoms with Crippen LogP contribution in [0.2, 0.25) is 0 Å². The van der Waals surface area contributed by atoms with E-state index in [1.165, 1.54) is 14.0 Å². The molecule has 0 aromatic heterocycles. The molecule has 1 N–H and O–H groups in total. The molecule has 15 heavy (non-hydrogen) atoms. The highest BCUT2D eigenvalue weighted by atomic mass is 16.5. The van der Waals surface area contributed by atoms with Gasteiger partial charge in [-0.15, -0.1) is 0 Å². The van der Waals surface area contributed by atoms with Crippen molar-refractivity contribution in [2.75, 3.05) is 20.3 Å². The number of Topliss-reactive ketones (excluding diaryl/α,β-unsaturated/α-hetero) is 1. The number of amides is 1. The Hall–Kier alpha value is -1.59. The number of ketones is 1. The molecule has 0 aliphatic rings. The van der Waals surface area contributed by atoms with Gasteiger partial charge in [-0.1, -0.05) is 0 Å². The normalized spacial score (nSPS) is 11.4. The number of hydrogen-bond acceptors (Lipinski definition) is 5. The molecule has 0 heterocycles. The zero-order valence-electron chi connectivity index (χ0n) is 9.03. The first kappa shape index (κ1) is 13.4. The van der Waals surface area contributed by atoms with Gasteiger partial charge in [-0.2, -0.15) is 0 Å². The molecule has 0 fully saturated rings. The lowest BCUT2D eigenvalue weighted by molar-refractivity contribution is -0.148. The van der Waals surface area contributed by atoms with E-state index in [4.69, 9.17) is 0 Å². The summed E-state index contributed by atoms with van der Waals surface area (Å²) in [6.07, 6.45) is -0.660.